The second-order valence-electron chi connectivity index (χ2n) is 7.10. The lowest BCUT2D eigenvalue weighted by molar-refractivity contribution is 0.0962. The van der Waals surface area contributed by atoms with Crippen LogP contribution in [-0.2, 0) is 0 Å². The van der Waals surface area contributed by atoms with Crippen LogP contribution in [0.15, 0.2) is 21.3 Å². The van der Waals surface area contributed by atoms with Crippen LogP contribution >= 0.6 is 31.9 Å². The summed E-state index contributed by atoms with van der Waals surface area (Å²) in [5.41, 5.74) is 2.38. The molecule has 10 heteroatoms. The van der Waals surface area contributed by atoms with Gasteiger partial charge in [0, 0.05) is 17.2 Å². The van der Waals surface area contributed by atoms with Crippen LogP contribution in [0.4, 0.5) is 4.39 Å². The summed E-state index contributed by atoms with van der Waals surface area (Å²) in [5.74, 6) is -0.426. The monoisotopic (exact) mass is 530 g/mol. The van der Waals surface area contributed by atoms with Crippen molar-refractivity contribution in [1.82, 2.24) is 20.2 Å². The van der Waals surface area contributed by atoms with Gasteiger partial charge in [0.1, 0.15) is 12.1 Å². The van der Waals surface area contributed by atoms with E-state index in [4.69, 9.17) is 10.5 Å². The highest BCUT2D eigenvalue weighted by Crippen LogP contribution is 2.43. The summed E-state index contributed by atoms with van der Waals surface area (Å²) < 4.78 is 14.3. The van der Waals surface area contributed by atoms with Crippen molar-refractivity contribution < 1.29 is 9.18 Å². The maximum absolute atomic E-state index is 13.4. The molecule has 3 aromatic rings. The second-order valence-corrected chi connectivity index (χ2v) is 8.68. The number of nitriles is 2. The maximum Gasteiger partial charge on any atom is 0.170 e. The van der Waals surface area contributed by atoms with Gasteiger partial charge in [-0.25, -0.2) is 14.4 Å². The Kier molecular flexibility index (Phi) is 5.63. The average molecular weight is 532 g/mol. The fraction of sp³-hybridized carbons (Fsp3) is 0.300. The largest absolute Gasteiger partial charge is 0.294 e. The molecule has 30 heavy (non-hydrogen) atoms. The molecule has 0 radical (unpaired) electrons. The van der Waals surface area contributed by atoms with Crippen LogP contribution in [0.1, 0.15) is 59.0 Å². The number of hydrogen-bond donors (Lipinski definition) is 1. The number of carbonyl (C=O) groups is 1. The first-order chi connectivity index (χ1) is 14.5. The Balaban J connectivity index is 0.000000145. The van der Waals surface area contributed by atoms with Crippen LogP contribution in [0.5, 0.6) is 0 Å². The van der Waals surface area contributed by atoms with E-state index in [9.17, 15) is 9.18 Å². The van der Waals surface area contributed by atoms with Crippen molar-refractivity contribution in [2.45, 2.75) is 31.6 Å². The molecule has 0 bridgehead atoms. The van der Waals surface area contributed by atoms with E-state index in [1.807, 2.05) is 0 Å². The van der Waals surface area contributed by atoms with Gasteiger partial charge in [0.15, 0.2) is 23.0 Å². The van der Waals surface area contributed by atoms with Gasteiger partial charge in [0.05, 0.1) is 38.1 Å². The van der Waals surface area contributed by atoms with E-state index in [1.54, 1.807) is 12.3 Å². The van der Waals surface area contributed by atoms with Gasteiger partial charge >= 0.3 is 0 Å². The lowest BCUT2D eigenvalue weighted by Crippen LogP contribution is -2.08. The van der Waals surface area contributed by atoms with Crippen LogP contribution in [0.25, 0.3) is 10.9 Å². The smallest absolute Gasteiger partial charge is 0.170 e. The number of pyridine rings is 2. The zero-order chi connectivity index (χ0) is 21.4. The summed E-state index contributed by atoms with van der Waals surface area (Å²) in [4.78, 5) is 19.3. The minimum absolute atomic E-state index is 0.0379. The molecule has 3 heterocycles. The van der Waals surface area contributed by atoms with Crippen molar-refractivity contribution >= 4 is 48.5 Å². The highest BCUT2D eigenvalue weighted by molar-refractivity contribution is 9.11. The first-order valence-corrected chi connectivity index (χ1v) is 10.8. The van der Waals surface area contributed by atoms with Gasteiger partial charge in [-0.15, -0.1) is 0 Å². The van der Waals surface area contributed by atoms with Gasteiger partial charge in [0.2, 0.25) is 0 Å². The normalized spacial score (nSPS) is 15.1. The Morgan fingerprint density at radius 1 is 1.07 bits per heavy atom. The summed E-state index contributed by atoms with van der Waals surface area (Å²) in [5, 5.41) is 25.8. The van der Waals surface area contributed by atoms with Gasteiger partial charge in [-0.05, 0) is 57.5 Å². The Bertz CT molecular complexity index is 1250. The zero-order valence-electron chi connectivity index (χ0n) is 15.4. The topological polar surface area (TPSA) is 119 Å². The van der Waals surface area contributed by atoms with Crippen molar-refractivity contribution in [2.24, 2.45) is 5.92 Å². The lowest BCUT2D eigenvalue weighted by Gasteiger charge is -2.04. The molecule has 0 aromatic carbocycles. The van der Waals surface area contributed by atoms with E-state index in [0.717, 1.165) is 40.1 Å². The molecule has 0 aliphatic heterocycles. The molecule has 2 aliphatic rings. The molecule has 5 rings (SSSR count). The lowest BCUT2D eigenvalue weighted by atomic mass is 10.1. The van der Waals surface area contributed by atoms with Crippen molar-refractivity contribution in [3.63, 3.8) is 0 Å². The molecule has 150 valence electrons. The predicted octanol–water partition coefficient (Wildman–Crippen LogP) is 4.92. The molecule has 0 amide bonds. The number of aromatic nitrogens is 4. The zero-order valence-corrected chi connectivity index (χ0v) is 18.6. The first-order valence-electron chi connectivity index (χ1n) is 9.17. The Labute approximate surface area is 187 Å². The molecule has 0 saturated heterocycles. The molecule has 0 atom stereocenters. The van der Waals surface area contributed by atoms with Crippen molar-refractivity contribution in [1.29, 1.82) is 10.5 Å². The average Bonchev–Trinajstić information content (AvgIpc) is 3.66. The molecular formula is C20H13Br2FN6O. The number of halogens is 3. The number of hydrogen-bond acceptors (Lipinski definition) is 6. The van der Waals surface area contributed by atoms with E-state index >= 15 is 0 Å². The standard InChI is InChI=1S/C10H6BrFN2O.C10H7BrN4/c11-9-7(3-13)14-4-6(12)8(9)10(15)5-1-2-5;11-9-6(3-12)13-4-7-8(9)10(15-14-7)5-1-2-5/h4-5H,1-2H2;4-5H,1-2H2,(H,14,15). The molecule has 2 saturated carbocycles. The maximum atomic E-state index is 13.4. The molecule has 7 nitrogen and oxygen atoms in total. The molecule has 0 spiro atoms. The number of nitrogens with zero attached hydrogens (tertiary/aromatic N) is 5. The molecule has 1 N–H and O–H groups in total. The molecule has 2 aliphatic carbocycles. The van der Waals surface area contributed by atoms with Gasteiger partial charge < -0.3 is 0 Å². The van der Waals surface area contributed by atoms with Crippen LogP contribution in [0.3, 0.4) is 0 Å². The molecule has 3 aromatic heterocycles. The molecule has 0 unspecified atom stereocenters. The summed E-state index contributed by atoms with van der Waals surface area (Å²) in [6.07, 6.45) is 6.56. The van der Waals surface area contributed by atoms with Crippen LogP contribution in [-0.4, -0.2) is 25.9 Å². The summed E-state index contributed by atoms with van der Waals surface area (Å²) in [7, 11) is 0. The third kappa shape index (κ3) is 3.85. The van der Waals surface area contributed by atoms with E-state index in [1.165, 1.54) is 12.8 Å². The van der Waals surface area contributed by atoms with Crippen LogP contribution < -0.4 is 0 Å². The summed E-state index contributed by atoms with van der Waals surface area (Å²) in [6.45, 7) is 0. The third-order valence-corrected chi connectivity index (χ3v) is 6.46. The number of ketones is 1. The Hall–Kier alpha value is -2.69. The minimum Gasteiger partial charge on any atom is -0.294 e. The van der Waals surface area contributed by atoms with Crippen molar-refractivity contribution in [2.75, 3.05) is 0 Å². The highest BCUT2D eigenvalue weighted by atomic mass is 79.9. The predicted molar refractivity (Wildman–Crippen MR) is 112 cm³/mol. The van der Waals surface area contributed by atoms with Crippen LogP contribution in [0, 0.1) is 34.4 Å². The summed E-state index contributed by atoms with van der Waals surface area (Å²) >= 11 is 6.47. The number of H-pyrrole nitrogens is 1. The van der Waals surface area contributed by atoms with Gasteiger partial charge in [0.25, 0.3) is 0 Å². The minimum atomic E-state index is -0.669. The quantitative estimate of drug-likeness (QED) is 0.479. The fourth-order valence-corrected chi connectivity index (χ4v) is 4.23. The Morgan fingerprint density at radius 2 is 1.70 bits per heavy atom. The summed E-state index contributed by atoms with van der Waals surface area (Å²) in [6, 6.07) is 3.86. The third-order valence-electron chi connectivity index (χ3n) is 4.92. The highest BCUT2D eigenvalue weighted by Gasteiger charge is 2.34. The number of nitrogens with one attached hydrogen (secondary N) is 1. The first kappa shape index (κ1) is 20.6. The Morgan fingerprint density at radius 3 is 2.30 bits per heavy atom. The molecular weight excluding hydrogens is 519 g/mol. The van der Waals surface area contributed by atoms with Crippen molar-refractivity contribution in [3.8, 4) is 12.1 Å². The van der Waals surface area contributed by atoms with Crippen molar-refractivity contribution in [3.05, 3.63) is 49.8 Å². The SMILES string of the molecule is N#Cc1ncc(F)c(C(=O)C2CC2)c1Br.N#Cc1ncc2[nH]nc(C3CC3)c2c1Br. The number of fused-ring (bicyclic) bond motifs is 1. The van der Waals surface area contributed by atoms with Crippen LogP contribution in [0.2, 0.25) is 0 Å². The van der Waals surface area contributed by atoms with Gasteiger partial charge in [-0.2, -0.15) is 15.6 Å². The number of Topliss-reactive ketones (excluding diaryl/α,β-unsaturated/α-hetero) is 1. The van der Waals surface area contributed by atoms with E-state index in [0.29, 0.717) is 11.6 Å². The van der Waals surface area contributed by atoms with E-state index < -0.39 is 5.82 Å². The van der Waals surface area contributed by atoms with Gasteiger partial charge in [-0.3, -0.25) is 9.89 Å². The van der Waals surface area contributed by atoms with Gasteiger partial charge in [-0.1, -0.05) is 0 Å². The number of aromatic amines is 1. The molecule has 2 fully saturated rings. The fourth-order valence-electron chi connectivity index (χ4n) is 3.05. The van der Waals surface area contributed by atoms with E-state index in [-0.39, 0.29) is 27.4 Å². The second kappa shape index (κ2) is 8.21. The van der Waals surface area contributed by atoms with E-state index in [2.05, 4.69) is 58.1 Å². The number of carbonyl (C=O) groups excluding carboxylic acids is 1. The number of rotatable bonds is 3.